The molecule has 0 spiro atoms. The van der Waals surface area contributed by atoms with Gasteiger partial charge in [-0.2, -0.15) is 4.98 Å². The van der Waals surface area contributed by atoms with E-state index >= 15 is 0 Å². The molecule has 1 aromatic heterocycles. The van der Waals surface area contributed by atoms with Gasteiger partial charge in [-0.15, -0.1) is 5.10 Å². The number of aromatic nitrogens is 3. The summed E-state index contributed by atoms with van der Waals surface area (Å²) in [4.78, 5) is 20.8. The Morgan fingerprint density at radius 2 is 1.74 bits per heavy atom. The number of hydrogen-bond acceptors (Lipinski definition) is 6. The lowest BCUT2D eigenvalue weighted by Gasteiger charge is -2.28. The number of anilines is 3. The highest BCUT2D eigenvalue weighted by molar-refractivity contribution is 6.06. The molecule has 0 fully saturated rings. The summed E-state index contributed by atoms with van der Waals surface area (Å²) in [6, 6.07) is 20.8. The monoisotopic (exact) mass is 526 g/mol. The Bertz CT molecular complexity index is 1510. The van der Waals surface area contributed by atoms with Crippen LogP contribution in [-0.2, 0) is 4.79 Å². The number of benzene rings is 3. The Balaban J connectivity index is 1.54. The first-order chi connectivity index (χ1) is 18.9. The molecule has 0 radical (unpaired) electrons. The number of halogens is 1. The Labute approximate surface area is 227 Å². The van der Waals surface area contributed by atoms with Gasteiger partial charge in [0.1, 0.15) is 17.6 Å². The Morgan fingerprint density at radius 3 is 2.41 bits per heavy atom. The number of para-hydroxylation sites is 2. The number of methoxy groups -OCH3 is 1. The molecule has 1 aliphatic rings. The maximum absolute atomic E-state index is 13.9. The fraction of sp³-hybridized carbons (Fsp3) is 0.233. The van der Waals surface area contributed by atoms with E-state index in [4.69, 9.17) is 14.8 Å². The molecule has 200 valence electrons. The minimum Gasteiger partial charge on any atom is -0.495 e. The highest BCUT2D eigenvalue weighted by atomic mass is 19.1. The minimum absolute atomic E-state index is 0.329. The van der Waals surface area contributed by atoms with Gasteiger partial charge in [0.2, 0.25) is 5.95 Å². The molecule has 2 heterocycles. The lowest BCUT2D eigenvalue weighted by molar-refractivity contribution is -0.113. The van der Waals surface area contributed by atoms with Crippen molar-refractivity contribution in [2.45, 2.75) is 26.8 Å². The molecule has 4 aromatic rings. The molecule has 1 atom stereocenters. The Hall–Kier alpha value is -4.66. The van der Waals surface area contributed by atoms with E-state index in [-0.39, 0.29) is 11.7 Å². The average Bonchev–Trinajstić information content (AvgIpc) is 3.37. The number of carbonyl (C=O) groups is 1. The topological polar surface area (TPSA) is 84.3 Å². The third-order valence-corrected chi connectivity index (χ3v) is 6.89. The molecular formula is C30H31FN6O2. The summed E-state index contributed by atoms with van der Waals surface area (Å²) in [5.41, 5.74) is 4.29. The van der Waals surface area contributed by atoms with Gasteiger partial charge in [-0.3, -0.25) is 4.79 Å². The van der Waals surface area contributed by atoms with Crippen molar-refractivity contribution in [1.29, 1.82) is 0 Å². The van der Waals surface area contributed by atoms with E-state index in [1.807, 2.05) is 31.2 Å². The van der Waals surface area contributed by atoms with E-state index in [1.54, 1.807) is 36.1 Å². The first kappa shape index (κ1) is 26.0. The van der Waals surface area contributed by atoms with Crippen molar-refractivity contribution in [3.05, 3.63) is 95.4 Å². The van der Waals surface area contributed by atoms with Crippen LogP contribution in [0.4, 0.5) is 21.7 Å². The van der Waals surface area contributed by atoms with Crippen LogP contribution in [0.25, 0.3) is 11.4 Å². The lowest BCUT2D eigenvalue weighted by atomic mass is 9.95. The number of allylic oxidation sites excluding steroid dienone is 1. The standard InChI is InChI=1S/C30H31FN6O2/c1-5-36(6-2)23-17-13-21(14-18-23)28-34-30-32-19(3)26(29(38)33-24-9-7-8-10-25(24)39-4)27(37(30)35-28)20-11-15-22(31)16-12-20/h7-18,27H,5-6H2,1-4H3,(H,33,38)(H,32,34,35). The van der Waals surface area contributed by atoms with Gasteiger partial charge in [-0.1, -0.05) is 24.3 Å². The second kappa shape index (κ2) is 11.0. The molecule has 0 saturated carbocycles. The summed E-state index contributed by atoms with van der Waals surface area (Å²) in [5, 5.41) is 11.0. The van der Waals surface area contributed by atoms with Gasteiger partial charge in [0.15, 0.2) is 5.82 Å². The molecule has 39 heavy (non-hydrogen) atoms. The van der Waals surface area contributed by atoms with E-state index in [0.717, 1.165) is 24.3 Å². The van der Waals surface area contributed by atoms with Crippen LogP contribution in [0.15, 0.2) is 84.1 Å². The zero-order valence-electron chi connectivity index (χ0n) is 22.4. The van der Waals surface area contributed by atoms with Crippen LogP contribution in [-0.4, -0.2) is 40.9 Å². The van der Waals surface area contributed by atoms with E-state index in [2.05, 4.69) is 41.5 Å². The van der Waals surface area contributed by atoms with E-state index in [1.165, 1.54) is 12.1 Å². The van der Waals surface area contributed by atoms with Crippen molar-refractivity contribution in [3.8, 4) is 17.1 Å². The number of rotatable bonds is 8. The average molecular weight is 527 g/mol. The number of amides is 1. The molecule has 0 aliphatic carbocycles. The van der Waals surface area contributed by atoms with Gasteiger partial charge < -0.3 is 20.3 Å². The molecule has 0 bridgehead atoms. The smallest absolute Gasteiger partial charge is 0.255 e. The van der Waals surface area contributed by atoms with Crippen LogP contribution in [0, 0.1) is 5.82 Å². The molecular weight excluding hydrogens is 495 g/mol. The van der Waals surface area contributed by atoms with Crippen LogP contribution in [0.3, 0.4) is 0 Å². The second-order valence-electron chi connectivity index (χ2n) is 9.19. The Morgan fingerprint density at radius 1 is 1.05 bits per heavy atom. The minimum atomic E-state index is -0.632. The van der Waals surface area contributed by atoms with Crippen LogP contribution >= 0.6 is 0 Å². The van der Waals surface area contributed by atoms with Crippen molar-refractivity contribution in [3.63, 3.8) is 0 Å². The number of fused-ring (bicyclic) bond motifs is 1. The van der Waals surface area contributed by atoms with Crippen molar-refractivity contribution < 1.29 is 13.9 Å². The number of hydrogen-bond donors (Lipinski definition) is 2. The van der Waals surface area contributed by atoms with Crippen molar-refractivity contribution in [2.24, 2.45) is 0 Å². The van der Waals surface area contributed by atoms with Crippen LogP contribution in [0.5, 0.6) is 5.75 Å². The van der Waals surface area contributed by atoms with E-state index in [0.29, 0.717) is 40.0 Å². The largest absolute Gasteiger partial charge is 0.495 e. The molecule has 8 nitrogen and oxygen atoms in total. The third kappa shape index (κ3) is 5.07. The summed E-state index contributed by atoms with van der Waals surface area (Å²) in [6.07, 6.45) is 0. The number of nitrogens with zero attached hydrogens (tertiary/aromatic N) is 4. The summed E-state index contributed by atoms with van der Waals surface area (Å²) in [6.45, 7) is 7.91. The molecule has 5 rings (SSSR count). The quantitative estimate of drug-likeness (QED) is 0.299. The summed E-state index contributed by atoms with van der Waals surface area (Å²) in [5.74, 6) is 0.878. The SMILES string of the molecule is CCN(CC)c1ccc(-c2nc3n(n2)C(c2ccc(F)cc2)C(C(=O)Nc2ccccc2OC)=C(C)N3)cc1. The maximum Gasteiger partial charge on any atom is 0.255 e. The van der Waals surface area contributed by atoms with E-state index in [9.17, 15) is 9.18 Å². The zero-order valence-corrected chi connectivity index (χ0v) is 22.4. The molecule has 1 amide bonds. The van der Waals surface area contributed by atoms with Crippen LogP contribution < -0.4 is 20.3 Å². The van der Waals surface area contributed by atoms with Crippen LogP contribution in [0.2, 0.25) is 0 Å². The fourth-order valence-corrected chi connectivity index (χ4v) is 4.87. The maximum atomic E-state index is 13.9. The van der Waals surface area contributed by atoms with Gasteiger partial charge in [0.05, 0.1) is 18.4 Å². The molecule has 9 heteroatoms. The predicted octanol–water partition coefficient (Wildman–Crippen LogP) is 5.87. The summed E-state index contributed by atoms with van der Waals surface area (Å²) in [7, 11) is 1.55. The molecule has 2 N–H and O–H groups in total. The fourth-order valence-electron chi connectivity index (χ4n) is 4.87. The normalized spacial score (nSPS) is 14.4. The number of ether oxygens (including phenoxy) is 1. The number of carbonyl (C=O) groups excluding carboxylic acids is 1. The van der Waals surface area contributed by atoms with Crippen molar-refractivity contribution in [2.75, 3.05) is 35.7 Å². The molecule has 1 unspecified atom stereocenters. The first-order valence-corrected chi connectivity index (χ1v) is 12.9. The third-order valence-electron chi connectivity index (χ3n) is 6.89. The van der Waals surface area contributed by atoms with Crippen molar-refractivity contribution >= 4 is 23.2 Å². The van der Waals surface area contributed by atoms with Gasteiger partial charge in [0, 0.05) is 30.0 Å². The van der Waals surface area contributed by atoms with Crippen LogP contribution in [0.1, 0.15) is 32.4 Å². The number of nitrogens with one attached hydrogen (secondary N) is 2. The van der Waals surface area contributed by atoms with Gasteiger partial charge in [-0.25, -0.2) is 9.07 Å². The molecule has 3 aromatic carbocycles. The lowest BCUT2D eigenvalue weighted by Crippen LogP contribution is -2.31. The highest BCUT2D eigenvalue weighted by Crippen LogP contribution is 2.37. The summed E-state index contributed by atoms with van der Waals surface area (Å²) < 4.78 is 21.0. The zero-order chi connectivity index (χ0) is 27.5. The van der Waals surface area contributed by atoms with Gasteiger partial charge in [-0.05, 0) is 74.9 Å². The highest BCUT2D eigenvalue weighted by Gasteiger charge is 2.34. The van der Waals surface area contributed by atoms with E-state index < -0.39 is 6.04 Å². The van der Waals surface area contributed by atoms with Gasteiger partial charge in [0.25, 0.3) is 5.91 Å². The van der Waals surface area contributed by atoms with Gasteiger partial charge >= 0.3 is 0 Å². The predicted molar refractivity (Wildman–Crippen MR) is 152 cm³/mol. The Kier molecular flexibility index (Phi) is 7.31. The summed E-state index contributed by atoms with van der Waals surface area (Å²) >= 11 is 0. The first-order valence-electron chi connectivity index (χ1n) is 12.9. The molecule has 1 aliphatic heterocycles. The molecule has 0 saturated heterocycles. The van der Waals surface area contributed by atoms with Crippen molar-refractivity contribution in [1.82, 2.24) is 14.8 Å². The second-order valence-corrected chi connectivity index (χ2v) is 9.19.